The molecule has 0 aliphatic carbocycles. The number of ether oxygens (including phenoxy) is 2. The molecule has 35 heavy (non-hydrogen) atoms. The van der Waals surface area contributed by atoms with Crippen molar-refractivity contribution in [1.29, 1.82) is 0 Å². The number of carboxylic acids is 1. The van der Waals surface area contributed by atoms with Gasteiger partial charge in [0.05, 0.1) is 32.7 Å². The average Bonchev–Trinajstić information content (AvgIpc) is 3.33. The third kappa shape index (κ3) is 5.33. The smallest absolute Gasteiger partial charge is 0.334 e. The molecular formula is C23H31N5O7. The van der Waals surface area contributed by atoms with Crippen LogP contribution >= 0.6 is 0 Å². The molecule has 3 heterocycles. The van der Waals surface area contributed by atoms with E-state index in [2.05, 4.69) is 5.32 Å². The van der Waals surface area contributed by atoms with E-state index >= 15 is 0 Å². The molecule has 0 saturated carbocycles. The lowest BCUT2D eigenvalue weighted by Crippen LogP contribution is -2.76. The number of nitrogens with zero attached hydrogens (tertiary/aromatic N) is 4. The molecule has 3 saturated heterocycles. The van der Waals surface area contributed by atoms with Crippen molar-refractivity contribution in [3.63, 3.8) is 0 Å². The highest BCUT2D eigenvalue weighted by Gasteiger charge is 2.51. The van der Waals surface area contributed by atoms with Gasteiger partial charge in [-0.3, -0.25) is 14.4 Å². The van der Waals surface area contributed by atoms with Crippen molar-refractivity contribution in [3.8, 4) is 5.75 Å². The van der Waals surface area contributed by atoms with E-state index in [4.69, 9.17) is 9.47 Å². The fourth-order valence-electron chi connectivity index (χ4n) is 4.87. The van der Waals surface area contributed by atoms with Crippen LogP contribution in [0.3, 0.4) is 0 Å². The van der Waals surface area contributed by atoms with Crippen LogP contribution < -0.4 is 10.1 Å². The molecule has 0 aromatic heterocycles. The van der Waals surface area contributed by atoms with E-state index in [0.29, 0.717) is 18.9 Å². The quantitative estimate of drug-likeness (QED) is 0.551. The van der Waals surface area contributed by atoms with E-state index < -0.39 is 42.4 Å². The number of carboxylic acid groups (broad SMARTS) is 1. The molecule has 1 unspecified atom stereocenters. The normalized spacial score (nSPS) is 25.0. The lowest BCUT2D eigenvalue weighted by atomic mass is 10.0. The van der Waals surface area contributed by atoms with Crippen molar-refractivity contribution in [2.45, 2.75) is 44.1 Å². The third-order valence-electron chi connectivity index (χ3n) is 6.57. The number of hydrogen-bond acceptors (Lipinski definition) is 7. The average molecular weight is 490 g/mol. The van der Waals surface area contributed by atoms with Crippen LogP contribution in [0.1, 0.15) is 24.8 Å². The van der Waals surface area contributed by atoms with Crippen LogP contribution in [0, 0.1) is 0 Å². The molecule has 3 atom stereocenters. The lowest BCUT2D eigenvalue weighted by molar-refractivity contribution is -0.189. The number of piperazine rings is 1. The van der Waals surface area contributed by atoms with Gasteiger partial charge in [0.2, 0.25) is 11.8 Å². The van der Waals surface area contributed by atoms with E-state index in [-0.39, 0.29) is 25.7 Å². The zero-order valence-corrected chi connectivity index (χ0v) is 19.9. The van der Waals surface area contributed by atoms with E-state index in [1.807, 2.05) is 12.1 Å². The van der Waals surface area contributed by atoms with Crippen LogP contribution in [0.15, 0.2) is 24.3 Å². The maximum atomic E-state index is 13.3. The van der Waals surface area contributed by atoms with Gasteiger partial charge in [-0.2, -0.15) is 0 Å². The summed E-state index contributed by atoms with van der Waals surface area (Å²) in [5, 5.41) is 15.2. The van der Waals surface area contributed by atoms with Gasteiger partial charge in [0, 0.05) is 26.7 Å². The second-order valence-corrected chi connectivity index (χ2v) is 8.94. The molecule has 3 fully saturated rings. The molecule has 3 aliphatic heterocycles. The topological polar surface area (TPSA) is 132 Å². The van der Waals surface area contributed by atoms with Crippen molar-refractivity contribution in [2.24, 2.45) is 0 Å². The van der Waals surface area contributed by atoms with Crippen molar-refractivity contribution >= 4 is 23.8 Å². The van der Waals surface area contributed by atoms with E-state index in [1.54, 1.807) is 26.3 Å². The SMILES string of the molecule is COc1ccc(CNC(=O)N2[C@H]3CN(CC4CCCO4)C(=O)[C@H](CC(=O)O)N3C(=O)CN2C)cc1. The van der Waals surface area contributed by atoms with Crippen molar-refractivity contribution in [2.75, 3.05) is 40.4 Å². The standard InChI is InChI=1S/C23H31N5O7/c1-25-14-20(29)27-18(10-21(30)31)22(32)26(12-17-4-3-9-35-17)13-19(27)28(25)23(33)24-11-15-5-7-16(34-2)8-6-15/h5-8,17-19H,3-4,9-14H2,1-2H3,(H,24,33)(H,30,31)/t17?,18-,19-/m0/s1. The summed E-state index contributed by atoms with van der Waals surface area (Å²) in [7, 11) is 3.19. The number of aliphatic carboxylic acids is 1. The largest absolute Gasteiger partial charge is 0.497 e. The summed E-state index contributed by atoms with van der Waals surface area (Å²) in [5.41, 5.74) is 0.856. The van der Waals surface area contributed by atoms with E-state index in [1.165, 1.54) is 19.8 Å². The van der Waals surface area contributed by atoms with Gasteiger partial charge in [-0.15, -0.1) is 0 Å². The van der Waals surface area contributed by atoms with Gasteiger partial charge in [-0.25, -0.2) is 14.8 Å². The Bertz CT molecular complexity index is 966. The van der Waals surface area contributed by atoms with Crippen LogP contribution in [0.2, 0.25) is 0 Å². The molecule has 1 aromatic carbocycles. The molecule has 0 bridgehead atoms. The number of urea groups is 1. The lowest BCUT2D eigenvalue weighted by Gasteiger charge is -2.54. The van der Waals surface area contributed by atoms with Crippen molar-refractivity contribution in [1.82, 2.24) is 25.1 Å². The second kappa shape index (κ2) is 10.5. The van der Waals surface area contributed by atoms with Gasteiger partial charge in [-0.05, 0) is 30.5 Å². The molecule has 12 heteroatoms. The molecule has 0 spiro atoms. The second-order valence-electron chi connectivity index (χ2n) is 8.94. The minimum absolute atomic E-state index is 0.0703. The third-order valence-corrected chi connectivity index (χ3v) is 6.57. The van der Waals surface area contributed by atoms with E-state index in [9.17, 15) is 24.3 Å². The maximum Gasteiger partial charge on any atom is 0.334 e. The maximum absolute atomic E-state index is 13.3. The monoisotopic (exact) mass is 489 g/mol. The molecule has 1 aromatic rings. The molecule has 12 nitrogen and oxygen atoms in total. The van der Waals surface area contributed by atoms with Gasteiger partial charge >= 0.3 is 12.0 Å². The van der Waals surface area contributed by atoms with Crippen LogP contribution in [0.4, 0.5) is 4.79 Å². The Morgan fingerprint density at radius 1 is 1.23 bits per heavy atom. The zero-order chi connectivity index (χ0) is 25.1. The Morgan fingerprint density at radius 3 is 2.60 bits per heavy atom. The van der Waals surface area contributed by atoms with Gasteiger partial charge < -0.3 is 29.7 Å². The fourth-order valence-corrected chi connectivity index (χ4v) is 4.87. The summed E-state index contributed by atoms with van der Waals surface area (Å²) in [5.74, 6) is -1.32. The number of hydrogen-bond donors (Lipinski definition) is 2. The fraction of sp³-hybridized carbons (Fsp3) is 0.565. The molecule has 4 amide bonds. The number of likely N-dealkylation sites (N-methyl/N-ethyl adjacent to an activating group) is 1. The molecule has 0 radical (unpaired) electrons. The summed E-state index contributed by atoms with van der Waals surface area (Å²) < 4.78 is 10.8. The predicted molar refractivity (Wildman–Crippen MR) is 122 cm³/mol. The molecule has 4 rings (SSSR count). The van der Waals surface area contributed by atoms with Gasteiger partial charge in [0.15, 0.2) is 0 Å². The first-order valence-corrected chi connectivity index (χ1v) is 11.6. The minimum atomic E-state index is -1.19. The van der Waals surface area contributed by atoms with Gasteiger partial charge in [0.1, 0.15) is 18.0 Å². The number of amides is 4. The van der Waals surface area contributed by atoms with E-state index in [0.717, 1.165) is 18.4 Å². The first-order chi connectivity index (χ1) is 16.8. The summed E-state index contributed by atoms with van der Waals surface area (Å²) in [6.07, 6.45) is 0.175. The molecular weight excluding hydrogens is 458 g/mol. The number of rotatable bonds is 7. The van der Waals surface area contributed by atoms with Crippen molar-refractivity contribution < 1.29 is 33.8 Å². The minimum Gasteiger partial charge on any atom is -0.497 e. The number of carbonyl (C=O) groups excluding carboxylic acids is 3. The number of benzene rings is 1. The van der Waals surface area contributed by atoms with Crippen molar-refractivity contribution in [3.05, 3.63) is 29.8 Å². The van der Waals surface area contributed by atoms with Gasteiger partial charge in [0.25, 0.3) is 0 Å². The van der Waals surface area contributed by atoms with Crippen LogP contribution in [0.5, 0.6) is 5.75 Å². The van der Waals surface area contributed by atoms with Crippen LogP contribution in [-0.4, -0.2) is 107 Å². The first-order valence-electron chi connectivity index (χ1n) is 11.6. The first kappa shape index (κ1) is 24.7. The number of nitrogens with one attached hydrogen (secondary N) is 1. The highest BCUT2D eigenvalue weighted by Crippen LogP contribution is 2.28. The molecule has 2 N–H and O–H groups in total. The summed E-state index contributed by atoms with van der Waals surface area (Å²) in [4.78, 5) is 53.9. The van der Waals surface area contributed by atoms with Crippen LogP contribution in [0.25, 0.3) is 0 Å². The zero-order valence-electron chi connectivity index (χ0n) is 19.9. The Kier molecular flexibility index (Phi) is 7.41. The highest BCUT2D eigenvalue weighted by atomic mass is 16.5. The number of fused-ring (bicyclic) bond motifs is 1. The molecule has 190 valence electrons. The summed E-state index contributed by atoms with van der Waals surface area (Å²) >= 11 is 0. The Balaban J connectivity index is 1.55. The Hall–Kier alpha value is -3.38. The summed E-state index contributed by atoms with van der Waals surface area (Å²) in [6, 6.07) is 5.61. The van der Waals surface area contributed by atoms with Gasteiger partial charge in [-0.1, -0.05) is 12.1 Å². The number of carbonyl (C=O) groups is 4. The van der Waals surface area contributed by atoms with Crippen LogP contribution in [-0.2, 0) is 25.7 Å². The predicted octanol–water partition coefficient (Wildman–Crippen LogP) is 0.0864. The molecule has 3 aliphatic rings. The Morgan fingerprint density at radius 2 is 1.97 bits per heavy atom. The highest BCUT2D eigenvalue weighted by molar-refractivity contribution is 5.93. The number of methoxy groups -OCH3 is 1. The number of hydrazine groups is 1. The Labute approximate surface area is 203 Å². The summed E-state index contributed by atoms with van der Waals surface area (Å²) in [6.45, 7) is 1.06.